The fourth-order valence-corrected chi connectivity index (χ4v) is 14.3. The van der Waals surface area contributed by atoms with Gasteiger partial charge in [0.25, 0.3) is 17.7 Å². The minimum atomic E-state index is -1.07. The highest BCUT2D eigenvalue weighted by Crippen LogP contribution is 2.30. The highest BCUT2D eigenvalue weighted by atomic mass is 32.2. The van der Waals surface area contributed by atoms with Gasteiger partial charge in [0.15, 0.2) is 0 Å². The molecule has 0 radical (unpaired) electrons. The Hall–Kier alpha value is -12.9. The zero-order valence-electron chi connectivity index (χ0n) is 63.3. The van der Waals surface area contributed by atoms with Crippen molar-refractivity contribution < 1.29 is 22.8 Å². The lowest BCUT2D eigenvalue weighted by molar-refractivity contribution is 0.0976. The molecule has 3 aromatic heterocycles. The Kier molecular flexibility index (Phi) is 27.5. The number of aromatic nitrogens is 6. The Labute approximate surface area is 675 Å². The maximum atomic E-state index is 13.9. The molecule has 20 heteroatoms. The van der Waals surface area contributed by atoms with Gasteiger partial charge >= 0.3 is 0 Å². The van der Waals surface area contributed by atoms with Crippen molar-refractivity contribution in [2.24, 2.45) is 0 Å². The van der Waals surface area contributed by atoms with Crippen molar-refractivity contribution >= 4 is 119 Å². The Morgan fingerprint density at radius 3 is 0.877 bits per heavy atom. The van der Waals surface area contributed by atoms with E-state index in [-0.39, 0.29) is 43.3 Å². The average molecular weight is 1560 g/mol. The molecule has 0 aliphatic carbocycles. The van der Waals surface area contributed by atoms with Crippen molar-refractivity contribution in [1.29, 1.82) is 0 Å². The van der Waals surface area contributed by atoms with E-state index in [1.54, 1.807) is 75.8 Å². The molecule has 3 N–H and O–H groups in total. The van der Waals surface area contributed by atoms with Crippen LogP contribution in [0.3, 0.4) is 0 Å². The fourth-order valence-electron chi connectivity index (χ4n) is 12.8. The van der Waals surface area contributed by atoms with Crippen molar-refractivity contribution in [2.45, 2.75) is 80.6 Å². The number of nitrogens with zero attached hydrogens (tertiary/aromatic N) is 9. The standard InChI is InChI=1S/2C31H28N4O2S.C31H28N4OS.CH4/c2*1-22(24-8-4-3-5-9-24)33-31-32-19-18-29(34-31)35(21-23-12-16-28(17-13-23)38(2)37)30(36)27-15-14-25-10-6-7-11-26(25)20-27;1-22(24-8-4-3-5-9-24)33-31-32-19-18-29(34-31)35(21-23-12-16-28(37-2)17-13-23)30(36)27-15-14-25-10-6-7-11-26(25)20-27;/h2*3-20,22H,21H2,1-2H3,(H,32,33,34);3-20,22H,21H2,1-2H3,(H,32,33,34);1H4/t2*22-,38?;22-;/m000./s1. The number of thioether (sulfide) groups is 1. The van der Waals surface area contributed by atoms with Gasteiger partial charge in [-0.3, -0.25) is 37.5 Å². The van der Waals surface area contributed by atoms with Crippen LogP contribution in [0, 0.1) is 0 Å². The minimum absolute atomic E-state index is 0. The lowest BCUT2D eigenvalue weighted by atomic mass is 10.1. The molecule has 0 fully saturated rings. The molecule has 0 aliphatic rings. The minimum Gasteiger partial charge on any atom is -0.348 e. The summed E-state index contributed by atoms with van der Waals surface area (Å²) in [6.07, 6.45) is 10.4. The summed E-state index contributed by atoms with van der Waals surface area (Å²) in [4.78, 5) is 76.9. The van der Waals surface area contributed by atoms with Gasteiger partial charge in [0, 0.05) is 84.1 Å². The number of amides is 3. The third kappa shape index (κ3) is 21.0. The largest absolute Gasteiger partial charge is 0.348 e. The number of hydrogen-bond acceptors (Lipinski definition) is 15. The van der Waals surface area contributed by atoms with Crippen LogP contribution in [0.1, 0.15) is 111 Å². The summed E-state index contributed by atoms with van der Waals surface area (Å²) >= 11 is 1.69. The van der Waals surface area contributed by atoms with Crippen molar-refractivity contribution in [3.63, 3.8) is 0 Å². The molecular weight excluding hydrogens is 1470 g/mol. The summed E-state index contributed by atoms with van der Waals surface area (Å²) in [6, 6.07) is 99.9. The molecule has 114 heavy (non-hydrogen) atoms. The first-order valence-electron chi connectivity index (χ1n) is 36.9. The van der Waals surface area contributed by atoms with Crippen molar-refractivity contribution in [1.82, 2.24) is 29.9 Å². The predicted molar refractivity (Wildman–Crippen MR) is 467 cm³/mol. The maximum absolute atomic E-state index is 13.9. The molecule has 15 rings (SSSR count). The molecule has 17 nitrogen and oxygen atoms in total. The highest BCUT2D eigenvalue weighted by Gasteiger charge is 2.26. The van der Waals surface area contributed by atoms with Crippen LogP contribution in [0.2, 0.25) is 0 Å². The fraction of sp³-hybridized carbons (Fsp3) is 0.138. The van der Waals surface area contributed by atoms with E-state index >= 15 is 0 Å². The highest BCUT2D eigenvalue weighted by molar-refractivity contribution is 7.98. The van der Waals surface area contributed by atoms with Crippen molar-refractivity contribution in [3.05, 3.63) is 378 Å². The summed E-state index contributed by atoms with van der Waals surface area (Å²) in [7, 11) is -2.14. The monoisotopic (exact) mass is 1560 g/mol. The topological polar surface area (TPSA) is 208 Å². The average Bonchev–Trinajstić information content (AvgIpc) is 0.810. The SMILES string of the molecule is C.CSc1ccc(CN(C(=O)c2ccc3ccccc3c2)c2ccnc(N[C@@H](C)c3ccccc3)n2)cc1.C[C@H](Nc1nccc(N(Cc2ccc(S(C)=O)cc2)C(=O)c2ccc3ccccc3c2)n1)c1ccccc1.C[C@H](Nc1nccc(N(Cc2ccc(S(C)=O)cc2)C(=O)c2ccc3ccccc3c2)n1)c1ccccc1. The van der Waals surface area contributed by atoms with Crippen molar-refractivity contribution in [3.8, 4) is 0 Å². The van der Waals surface area contributed by atoms with E-state index in [9.17, 15) is 22.8 Å². The van der Waals surface area contributed by atoms with Gasteiger partial charge < -0.3 is 16.0 Å². The molecule has 572 valence electrons. The molecular formula is C94H88N12O5S3. The lowest BCUT2D eigenvalue weighted by Gasteiger charge is -2.23. The first-order chi connectivity index (χ1) is 55.1. The van der Waals surface area contributed by atoms with Gasteiger partial charge in [0.2, 0.25) is 17.8 Å². The van der Waals surface area contributed by atoms with Crippen LogP contribution < -0.4 is 30.7 Å². The molecule has 0 saturated carbocycles. The third-order valence-corrected chi connectivity index (χ3v) is 21.7. The first-order valence-corrected chi connectivity index (χ1v) is 41.2. The Morgan fingerprint density at radius 2 is 0.605 bits per heavy atom. The van der Waals surface area contributed by atoms with Crippen LogP contribution in [0.15, 0.2) is 343 Å². The van der Waals surface area contributed by atoms with Crippen LogP contribution in [-0.4, -0.2) is 74.8 Å². The quantitative estimate of drug-likeness (QED) is 0.0481. The Balaban J connectivity index is 0.000000157. The molecule has 0 saturated heterocycles. The zero-order chi connectivity index (χ0) is 78.6. The summed E-state index contributed by atoms with van der Waals surface area (Å²) in [5.74, 6) is 2.43. The van der Waals surface area contributed by atoms with Gasteiger partial charge in [-0.05, 0) is 184 Å². The molecule has 3 heterocycles. The second-order valence-corrected chi connectivity index (χ2v) is 30.6. The number of hydrogen-bond donors (Lipinski definition) is 3. The number of carbonyl (C=O) groups excluding carboxylic acids is 3. The maximum Gasteiger partial charge on any atom is 0.259 e. The summed E-state index contributed by atoms with van der Waals surface area (Å²) < 4.78 is 23.7. The summed E-state index contributed by atoms with van der Waals surface area (Å²) in [5.41, 5.74) is 7.94. The smallest absolute Gasteiger partial charge is 0.259 e. The van der Waals surface area contributed by atoms with E-state index in [1.807, 2.05) is 269 Å². The van der Waals surface area contributed by atoms with Crippen LogP contribution in [-0.2, 0) is 41.2 Å². The normalized spacial score (nSPS) is 12.2. The molecule has 3 amide bonds. The zero-order valence-corrected chi connectivity index (χ0v) is 65.8. The van der Waals surface area contributed by atoms with Gasteiger partial charge in [0.1, 0.15) is 17.5 Å². The second-order valence-electron chi connectivity index (χ2n) is 26.9. The molecule has 0 spiro atoms. The van der Waals surface area contributed by atoms with Gasteiger partial charge in [0.05, 0.1) is 37.8 Å². The van der Waals surface area contributed by atoms with E-state index in [2.05, 4.69) is 80.5 Å². The molecule has 2 unspecified atom stereocenters. The van der Waals surface area contributed by atoms with E-state index < -0.39 is 21.6 Å². The summed E-state index contributed by atoms with van der Waals surface area (Å²) in [5, 5.41) is 16.3. The van der Waals surface area contributed by atoms with Crippen LogP contribution in [0.5, 0.6) is 0 Å². The number of anilines is 6. The number of benzene rings is 12. The van der Waals surface area contributed by atoms with Gasteiger partial charge in [-0.25, -0.2) is 15.0 Å². The van der Waals surface area contributed by atoms with E-state index in [0.29, 0.717) is 71.6 Å². The second kappa shape index (κ2) is 38.9. The predicted octanol–water partition coefficient (Wildman–Crippen LogP) is 20.8. The Morgan fingerprint density at radius 1 is 0.342 bits per heavy atom. The molecule has 12 aromatic carbocycles. The van der Waals surface area contributed by atoms with Gasteiger partial charge in [-0.15, -0.1) is 11.8 Å². The lowest BCUT2D eigenvalue weighted by Crippen LogP contribution is -2.31. The third-order valence-electron chi connectivity index (χ3n) is 19.1. The Bertz CT molecular complexity index is 5580. The molecule has 5 atom stereocenters. The van der Waals surface area contributed by atoms with Gasteiger partial charge in [-0.2, -0.15) is 15.0 Å². The molecule has 0 bridgehead atoms. The molecule has 15 aromatic rings. The van der Waals surface area contributed by atoms with E-state index in [1.165, 1.54) is 4.90 Å². The number of fused-ring (bicyclic) bond motifs is 3. The number of rotatable bonds is 24. The summed E-state index contributed by atoms with van der Waals surface area (Å²) in [6.45, 7) is 7.15. The van der Waals surface area contributed by atoms with Gasteiger partial charge in [-0.1, -0.05) is 226 Å². The number of carbonyl (C=O) groups is 3. The molecule has 0 aliphatic heterocycles. The van der Waals surface area contributed by atoms with E-state index in [0.717, 1.165) is 75.5 Å². The number of nitrogens with one attached hydrogen (secondary N) is 3. The van der Waals surface area contributed by atoms with Crippen LogP contribution in [0.4, 0.5) is 35.3 Å². The van der Waals surface area contributed by atoms with Crippen molar-refractivity contribution in [2.75, 3.05) is 49.4 Å². The van der Waals surface area contributed by atoms with Crippen LogP contribution >= 0.6 is 11.8 Å². The van der Waals surface area contributed by atoms with Crippen LogP contribution in [0.25, 0.3) is 32.3 Å². The van der Waals surface area contributed by atoms with E-state index in [4.69, 9.17) is 15.0 Å². The first kappa shape index (κ1) is 80.6.